The lowest BCUT2D eigenvalue weighted by molar-refractivity contribution is -0.137. The Kier molecular flexibility index (Phi) is 4.99. The molecule has 0 aromatic heterocycles. The second-order valence-electron chi connectivity index (χ2n) is 5.55. The van der Waals surface area contributed by atoms with Crippen LogP contribution in [0, 0.1) is 6.08 Å². The molecule has 1 radical (unpaired) electrons. The number of alkyl halides is 3. The predicted octanol–water partition coefficient (Wildman–Crippen LogP) is 3.59. The number of benzene rings is 1. The third-order valence-electron chi connectivity index (χ3n) is 3.85. The highest BCUT2D eigenvalue weighted by molar-refractivity contribution is 7.97. The van der Waals surface area contributed by atoms with Crippen LogP contribution in [0.3, 0.4) is 0 Å². The molecule has 0 spiro atoms. The van der Waals surface area contributed by atoms with E-state index in [1.165, 1.54) is 12.1 Å². The van der Waals surface area contributed by atoms with Crippen molar-refractivity contribution >= 4 is 28.7 Å². The number of carbonyl (C=O) groups excluding carboxylic acids is 1. The molecule has 25 heavy (non-hydrogen) atoms. The predicted molar refractivity (Wildman–Crippen MR) is 88.6 cm³/mol. The molecule has 0 bridgehead atoms. The largest absolute Gasteiger partial charge is 0.610 e. The van der Waals surface area contributed by atoms with Gasteiger partial charge >= 0.3 is 6.18 Å². The minimum atomic E-state index is -4.47. The maximum atomic E-state index is 12.8. The molecule has 1 aromatic rings. The van der Waals surface area contributed by atoms with Crippen molar-refractivity contribution < 1.29 is 22.5 Å². The number of amides is 1. The molecule has 1 heterocycles. The van der Waals surface area contributed by atoms with Crippen LogP contribution in [0.5, 0.6) is 0 Å². The van der Waals surface area contributed by atoms with E-state index in [-0.39, 0.29) is 16.5 Å². The van der Waals surface area contributed by atoms with Crippen LogP contribution in [0.2, 0.25) is 0 Å². The lowest BCUT2D eigenvalue weighted by atomic mass is 10.1. The number of nitrogens with one attached hydrogen (secondary N) is 1. The van der Waals surface area contributed by atoms with Crippen LogP contribution in [0.15, 0.2) is 52.1 Å². The van der Waals surface area contributed by atoms with Crippen molar-refractivity contribution in [3.05, 3.63) is 69.3 Å². The average molecular weight is 387 g/mol. The van der Waals surface area contributed by atoms with Gasteiger partial charge in [0.05, 0.1) is 10.6 Å². The van der Waals surface area contributed by atoms with Gasteiger partial charge in [-0.15, -0.1) is 0 Å². The Labute approximate surface area is 150 Å². The van der Waals surface area contributed by atoms with Crippen LogP contribution in [-0.2, 0) is 28.6 Å². The number of carbonyl (C=O) groups is 1. The fourth-order valence-corrected chi connectivity index (χ4v) is 4.42. The fourth-order valence-electron chi connectivity index (χ4n) is 2.61. The molecule has 3 rings (SSSR count). The van der Waals surface area contributed by atoms with Gasteiger partial charge in [0.1, 0.15) is 0 Å². The first-order chi connectivity index (χ1) is 11.8. The summed E-state index contributed by atoms with van der Waals surface area (Å²) in [5.74, 6) is -0.489. The van der Waals surface area contributed by atoms with Gasteiger partial charge in [0.15, 0.2) is 0 Å². The van der Waals surface area contributed by atoms with Crippen molar-refractivity contribution in [1.82, 2.24) is 5.32 Å². The monoisotopic (exact) mass is 386 g/mol. The molecular formula is C17H12ClF3NO2S. The molecule has 1 aliphatic heterocycles. The molecule has 1 aliphatic carbocycles. The van der Waals surface area contributed by atoms with Crippen LogP contribution in [-0.4, -0.2) is 15.7 Å². The van der Waals surface area contributed by atoms with E-state index in [1.807, 2.05) is 0 Å². The van der Waals surface area contributed by atoms with Gasteiger partial charge in [-0.05, 0) is 18.1 Å². The lowest BCUT2D eigenvalue weighted by Gasteiger charge is -2.15. The van der Waals surface area contributed by atoms with E-state index in [9.17, 15) is 22.5 Å². The van der Waals surface area contributed by atoms with Crippen LogP contribution < -0.4 is 5.32 Å². The number of rotatable bonds is 2. The Hall–Kier alpha value is -1.70. The van der Waals surface area contributed by atoms with Gasteiger partial charge in [-0.1, -0.05) is 42.0 Å². The van der Waals surface area contributed by atoms with Gasteiger partial charge in [-0.3, -0.25) is 10.1 Å². The van der Waals surface area contributed by atoms with E-state index >= 15 is 0 Å². The van der Waals surface area contributed by atoms with E-state index in [0.29, 0.717) is 17.6 Å². The normalized spacial score (nSPS) is 26.6. The molecular weight excluding hydrogens is 375 g/mol. The molecule has 1 N–H and O–H groups in total. The summed E-state index contributed by atoms with van der Waals surface area (Å²) in [7, 11) is 0. The molecule has 131 valence electrons. The molecule has 1 fully saturated rings. The maximum Gasteiger partial charge on any atom is 0.416 e. The first-order valence-electron chi connectivity index (χ1n) is 7.32. The Bertz CT molecular complexity index is 801. The number of hydrogen-bond donors (Lipinski definition) is 1. The number of allylic oxidation sites excluding steroid dienone is 5. The van der Waals surface area contributed by atoms with Crippen LogP contribution >= 0.6 is 11.6 Å². The Morgan fingerprint density at radius 2 is 2.16 bits per heavy atom. The zero-order valence-electron chi connectivity index (χ0n) is 12.7. The summed E-state index contributed by atoms with van der Waals surface area (Å²) in [5, 5.41) is 2.08. The van der Waals surface area contributed by atoms with Crippen molar-refractivity contribution in [3.63, 3.8) is 0 Å². The number of hydrogen-bond acceptors (Lipinski definition) is 2. The van der Waals surface area contributed by atoms with Crippen molar-refractivity contribution in [2.24, 2.45) is 0 Å². The summed E-state index contributed by atoms with van der Waals surface area (Å²) in [5.41, 5.74) is 0.0134. The second-order valence-corrected chi connectivity index (χ2v) is 7.50. The highest BCUT2D eigenvalue weighted by Crippen LogP contribution is 2.34. The van der Waals surface area contributed by atoms with Gasteiger partial charge < -0.3 is 4.55 Å². The molecule has 2 atom stereocenters. The first kappa shape index (κ1) is 18.1. The highest BCUT2D eigenvalue weighted by Gasteiger charge is 2.44. The zero-order valence-corrected chi connectivity index (χ0v) is 14.3. The Balaban J connectivity index is 1.85. The molecule has 3 nitrogen and oxygen atoms in total. The summed E-state index contributed by atoms with van der Waals surface area (Å²) in [6.07, 6.45) is 2.04. The maximum absolute atomic E-state index is 12.8. The van der Waals surface area contributed by atoms with Gasteiger partial charge in [0.2, 0.25) is 10.3 Å². The highest BCUT2D eigenvalue weighted by atomic mass is 35.5. The van der Waals surface area contributed by atoms with Gasteiger partial charge in [-0.2, -0.15) is 13.2 Å². The minimum absolute atomic E-state index is 0.0555. The molecule has 1 aromatic carbocycles. The Morgan fingerprint density at radius 1 is 1.40 bits per heavy atom. The summed E-state index contributed by atoms with van der Waals surface area (Å²) < 4.78 is 51.1. The fraction of sp³-hybridized carbons (Fsp3) is 0.235. The molecule has 2 aliphatic rings. The van der Waals surface area contributed by atoms with Crippen LogP contribution in [0.4, 0.5) is 13.2 Å². The SMILES string of the molecule is O=C1NC(=C2CC=C[C]=C2Cl)[S+]([O-])C1Cc1cccc(C(F)(F)F)c1. The summed E-state index contributed by atoms with van der Waals surface area (Å²) >= 11 is 4.32. The molecule has 2 unspecified atom stereocenters. The number of halogens is 4. The van der Waals surface area contributed by atoms with Crippen molar-refractivity contribution in [2.45, 2.75) is 24.3 Å². The topological polar surface area (TPSA) is 52.2 Å². The van der Waals surface area contributed by atoms with Crippen molar-refractivity contribution in [3.8, 4) is 0 Å². The van der Waals surface area contributed by atoms with Gasteiger partial charge in [-0.25, -0.2) is 0 Å². The van der Waals surface area contributed by atoms with E-state index in [1.54, 1.807) is 12.2 Å². The van der Waals surface area contributed by atoms with E-state index < -0.39 is 34.1 Å². The van der Waals surface area contributed by atoms with E-state index in [2.05, 4.69) is 11.4 Å². The average Bonchev–Trinajstić information content (AvgIpc) is 2.83. The third kappa shape index (κ3) is 3.78. The molecule has 1 amide bonds. The minimum Gasteiger partial charge on any atom is -0.610 e. The van der Waals surface area contributed by atoms with Crippen molar-refractivity contribution in [2.75, 3.05) is 0 Å². The quantitative estimate of drug-likeness (QED) is 0.790. The lowest BCUT2D eigenvalue weighted by Crippen LogP contribution is -2.27. The molecule has 8 heteroatoms. The van der Waals surface area contributed by atoms with Crippen LogP contribution in [0.1, 0.15) is 17.5 Å². The first-order valence-corrected chi connectivity index (χ1v) is 8.91. The molecule has 1 saturated heterocycles. The standard InChI is InChI=1S/C17H12ClF3NO2S/c18-13-7-2-1-6-12(13)16-22-15(23)14(25(16)24)9-10-4-3-5-11(8-10)17(19,20)21/h1-5,8,14H,6,9H2,(H,22,23). The van der Waals surface area contributed by atoms with Gasteiger partial charge in [0.25, 0.3) is 5.91 Å². The van der Waals surface area contributed by atoms with E-state index in [4.69, 9.17) is 11.6 Å². The summed E-state index contributed by atoms with van der Waals surface area (Å²) in [4.78, 5) is 12.2. The van der Waals surface area contributed by atoms with Crippen LogP contribution in [0.25, 0.3) is 0 Å². The molecule has 0 saturated carbocycles. The van der Waals surface area contributed by atoms with Crippen molar-refractivity contribution in [1.29, 1.82) is 0 Å². The van der Waals surface area contributed by atoms with Gasteiger partial charge in [0, 0.05) is 29.2 Å². The smallest absolute Gasteiger partial charge is 0.416 e. The zero-order chi connectivity index (χ0) is 18.2. The Morgan fingerprint density at radius 3 is 2.84 bits per heavy atom. The summed E-state index contributed by atoms with van der Waals surface area (Å²) in [6.45, 7) is 0. The summed E-state index contributed by atoms with van der Waals surface area (Å²) in [6, 6.07) is 4.68. The third-order valence-corrected chi connectivity index (χ3v) is 5.84. The van der Waals surface area contributed by atoms with E-state index in [0.717, 1.165) is 12.1 Å². The second kappa shape index (κ2) is 6.90.